The lowest BCUT2D eigenvalue weighted by Gasteiger charge is -2.06. The number of nitrogens with one attached hydrogen (secondary N) is 1. The van der Waals surface area contributed by atoms with Crippen LogP contribution in [0, 0.1) is 0 Å². The standard InChI is InChI=1S/C10H15BrN2O/c11-9-5-4-7-13-10(9)12-6-2-1-3-8-14/h4-5,7,14H,1-3,6,8H2,(H,12,13). The predicted octanol–water partition coefficient (Wildman–Crippen LogP) is 2.42. The second-order valence-corrected chi connectivity index (χ2v) is 3.90. The van der Waals surface area contributed by atoms with E-state index < -0.39 is 0 Å². The molecule has 1 aromatic rings. The Morgan fingerprint density at radius 1 is 1.36 bits per heavy atom. The first-order valence-electron chi connectivity index (χ1n) is 4.80. The fourth-order valence-corrected chi connectivity index (χ4v) is 1.53. The van der Waals surface area contributed by atoms with Crippen LogP contribution in [-0.2, 0) is 0 Å². The maximum Gasteiger partial charge on any atom is 0.140 e. The Balaban J connectivity index is 2.21. The number of hydrogen-bond acceptors (Lipinski definition) is 3. The maximum absolute atomic E-state index is 8.59. The van der Waals surface area contributed by atoms with Gasteiger partial charge in [0.1, 0.15) is 5.82 Å². The van der Waals surface area contributed by atoms with Gasteiger partial charge in [-0.1, -0.05) is 0 Å². The minimum absolute atomic E-state index is 0.285. The summed E-state index contributed by atoms with van der Waals surface area (Å²) in [5.74, 6) is 0.886. The van der Waals surface area contributed by atoms with Crippen molar-refractivity contribution in [2.24, 2.45) is 0 Å². The lowest BCUT2D eigenvalue weighted by atomic mass is 10.2. The van der Waals surface area contributed by atoms with E-state index >= 15 is 0 Å². The van der Waals surface area contributed by atoms with Gasteiger partial charge in [0.15, 0.2) is 0 Å². The Labute approximate surface area is 92.7 Å². The molecule has 0 atom stereocenters. The summed E-state index contributed by atoms with van der Waals surface area (Å²) in [6.45, 7) is 1.18. The van der Waals surface area contributed by atoms with E-state index in [1.807, 2.05) is 12.1 Å². The Kier molecular flexibility index (Phi) is 5.56. The van der Waals surface area contributed by atoms with Crippen LogP contribution in [-0.4, -0.2) is 23.2 Å². The SMILES string of the molecule is OCCCCCNc1ncccc1Br. The zero-order valence-corrected chi connectivity index (χ0v) is 9.63. The highest BCUT2D eigenvalue weighted by Crippen LogP contribution is 2.17. The van der Waals surface area contributed by atoms with Crippen molar-refractivity contribution in [2.75, 3.05) is 18.5 Å². The zero-order valence-electron chi connectivity index (χ0n) is 8.04. The number of aliphatic hydroxyl groups is 1. The predicted molar refractivity (Wildman–Crippen MR) is 61.4 cm³/mol. The number of aromatic nitrogens is 1. The molecule has 0 saturated carbocycles. The van der Waals surface area contributed by atoms with Crippen LogP contribution in [0.2, 0.25) is 0 Å². The second-order valence-electron chi connectivity index (χ2n) is 3.04. The minimum atomic E-state index is 0.285. The highest BCUT2D eigenvalue weighted by atomic mass is 79.9. The molecule has 0 saturated heterocycles. The highest BCUT2D eigenvalue weighted by molar-refractivity contribution is 9.10. The molecule has 1 heterocycles. The van der Waals surface area contributed by atoms with Gasteiger partial charge in [-0.3, -0.25) is 0 Å². The quantitative estimate of drug-likeness (QED) is 0.771. The number of unbranched alkanes of at least 4 members (excludes halogenated alkanes) is 2. The Morgan fingerprint density at radius 2 is 2.21 bits per heavy atom. The van der Waals surface area contributed by atoms with Crippen molar-refractivity contribution in [2.45, 2.75) is 19.3 Å². The van der Waals surface area contributed by atoms with Crippen LogP contribution in [0.3, 0.4) is 0 Å². The lowest BCUT2D eigenvalue weighted by Crippen LogP contribution is -2.03. The summed E-state index contributed by atoms with van der Waals surface area (Å²) in [5.41, 5.74) is 0. The van der Waals surface area contributed by atoms with Gasteiger partial charge in [0.25, 0.3) is 0 Å². The van der Waals surface area contributed by atoms with Crippen LogP contribution in [0.25, 0.3) is 0 Å². The average molecular weight is 259 g/mol. The molecular weight excluding hydrogens is 244 g/mol. The molecule has 3 nitrogen and oxygen atoms in total. The summed E-state index contributed by atoms with van der Waals surface area (Å²) in [6.07, 6.45) is 4.75. The molecule has 0 bridgehead atoms. The molecule has 0 aliphatic heterocycles. The fraction of sp³-hybridized carbons (Fsp3) is 0.500. The number of pyridine rings is 1. The summed E-state index contributed by atoms with van der Waals surface area (Å²) >= 11 is 3.41. The number of aliphatic hydroxyl groups excluding tert-OH is 1. The average Bonchev–Trinajstić information content (AvgIpc) is 2.20. The molecule has 0 spiro atoms. The van der Waals surface area contributed by atoms with E-state index in [0.717, 1.165) is 36.1 Å². The van der Waals surface area contributed by atoms with Crippen molar-refractivity contribution in [3.8, 4) is 0 Å². The van der Waals surface area contributed by atoms with Gasteiger partial charge < -0.3 is 10.4 Å². The van der Waals surface area contributed by atoms with Crippen LogP contribution in [0.5, 0.6) is 0 Å². The van der Waals surface area contributed by atoms with Crippen molar-refractivity contribution in [1.82, 2.24) is 4.98 Å². The molecule has 0 aromatic carbocycles. The number of rotatable bonds is 6. The van der Waals surface area contributed by atoms with Crippen LogP contribution in [0.4, 0.5) is 5.82 Å². The molecular formula is C10H15BrN2O. The van der Waals surface area contributed by atoms with Gasteiger partial charge in [-0.15, -0.1) is 0 Å². The van der Waals surface area contributed by atoms with Gasteiger partial charge in [0, 0.05) is 19.3 Å². The zero-order chi connectivity index (χ0) is 10.2. The van der Waals surface area contributed by atoms with E-state index in [1.165, 1.54) is 0 Å². The first-order chi connectivity index (χ1) is 6.84. The first kappa shape index (κ1) is 11.5. The van der Waals surface area contributed by atoms with Crippen LogP contribution >= 0.6 is 15.9 Å². The van der Waals surface area contributed by atoms with Gasteiger partial charge in [0.2, 0.25) is 0 Å². The van der Waals surface area contributed by atoms with E-state index in [2.05, 4.69) is 26.2 Å². The van der Waals surface area contributed by atoms with E-state index in [9.17, 15) is 0 Å². The maximum atomic E-state index is 8.59. The van der Waals surface area contributed by atoms with Crippen molar-refractivity contribution in [1.29, 1.82) is 0 Å². The number of hydrogen-bond donors (Lipinski definition) is 2. The third-order valence-corrected chi connectivity index (χ3v) is 2.53. The molecule has 0 aliphatic rings. The second kappa shape index (κ2) is 6.79. The largest absolute Gasteiger partial charge is 0.396 e. The number of halogens is 1. The van der Waals surface area contributed by atoms with E-state index in [-0.39, 0.29) is 6.61 Å². The molecule has 78 valence electrons. The lowest BCUT2D eigenvalue weighted by molar-refractivity contribution is 0.283. The molecule has 2 N–H and O–H groups in total. The normalized spacial score (nSPS) is 10.1. The minimum Gasteiger partial charge on any atom is -0.396 e. The van der Waals surface area contributed by atoms with Gasteiger partial charge in [0.05, 0.1) is 4.47 Å². The topological polar surface area (TPSA) is 45.1 Å². The van der Waals surface area contributed by atoms with Crippen molar-refractivity contribution in [3.63, 3.8) is 0 Å². The molecule has 4 heteroatoms. The monoisotopic (exact) mass is 258 g/mol. The van der Waals surface area contributed by atoms with Crippen LogP contribution in [0.1, 0.15) is 19.3 Å². The molecule has 0 amide bonds. The summed E-state index contributed by atoms with van der Waals surface area (Å²) in [5, 5.41) is 11.8. The molecule has 0 fully saturated rings. The molecule has 14 heavy (non-hydrogen) atoms. The molecule has 0 aliphatic carbocycles. The Morgan fingerprint density at radius 3 is 2.93 bits per heavy atom. The van der Waals surface area contributed by atoms with Crippen LogP contribution in [0.15, 0.2) is 22.8 Å². The molecule has 1 aromatic heterocycles. The third kappa shape index (κ3) is 4.07. The summed E-state index contributed by atoms with van der Waals surface area (Å²) in [7, 11) is 0. The summed E-state index contributed by atoms with van der Waals surface area (Å²) < 4.78 is 0.988. The summed E-state index contributed by atoms with van der Waals surface area (Å²) in [6, 6.07) is 3.85. The van der Waals surface area contributed by atoms with Gasteiger partial charge in [-0.2, -0.15) is 0 Å². The highest BCUT2D eigenvalue weighted by Gasteiger charge is 1.97. The van der Waals surface area contributed by atoms with Crippen LogP contribution < -0.4 is 5.32 Å². The van der Waals surface area contributed by atoms with Crippen molar-refractivity contribution < 1.29 is 5.11 Å². The van der Waals surface area contributed by atoms with Gasteiger partial charge in [-0.25, -0.2) is 4.98 Å². The summed E-state index contributed by atoms with van der Waals surface area (Å²) in [4.78, 5) is 4.19. The van der Waals surface area contributed by atoms with Crippen molar-refractivity contribution >= 4 is 21.7 Å². The molecule has 0 unspecified atom stereocenters. The van der Waals surface area contributed by atoms with Gasteiger partial charge in [-0.05, 0) is 47.3 Å². The Hall–Kier alpha value is -0.610. The molecule has 1 rings (SSSR count). The fourth-order valence-electron chi connectivity index (χ4n) is 1.14. The van der Waals surface area contributed by atoms with Crippen molar-refractivity contribution in [3.05, 3.63) is 22.8 Å². The number of nitrogens with zero attached hydrogens (tertiary/aromatic N) is 1. The Bertz CT molecular complexity index is 268. The smallest absolute Gasteiger partial charge is 0.140 e. The number of anilines is 1. The van der Waals surface area contributed by atoms with Gasteiger partial charge >= 0.3 is 0 Å². The van der Waals surface area contributed by atoms with E-state index in [1.54, 1.807) is 6.20 Å². The third-order valence-electron chi connectivity index (χ3n) is 1.89. The first-order valence-corrected chi connectivity index (χ1v) is 5.59. The van der Waals surface area contributed by atoms with E-state index in [4.69, 9.17) is 5.11 Å². The van der Waals surface area contributed by atoms with E-state index in [0.29, 0.717) is 0 Å². The molecule has 0 radical (unpaired) electrons.